The van der Waals surface area contributed by atoms with E-state index in [1.54, 1.807) is 37.3 Å². The number of Topliss-reactive ketones (excluding diaryl/α,β-unsaturated/α-hetero) is 1. The molecule has 6 N–H and O–H groups in total. The van der Waals surface area contributed by atoms with Gasteiger partial charge in [0.15, 0.2) is 5.79 Å². The highest BCUT2D eigenvalue weighted by Crippen LogP contribution is 2.37. The molecule has 2 saturated heterocycles. The Hall–Kier alpha value is -4.57. The number of carbonyl (C=O) groups excluding carboxylic acids is 7. The molecule has 4 atom stereocenters. The summed E-state index contributed by atoms with van der Waals surface area (Å²) < 4.78 is 17.1. The average molecular weight is 729 g/mol. The van der Waals surface area contributed by atoms with Gasteiger partial charge in [-0.1, -0.05) is 76.8 Å². The van der Waals surface area contributed by atoms with E-state index < -0.39 is 77.9 Å². The minimum Gasteiger partial charge on any atom is -0.449 e. The Morgan fingerprint density at radius 1 is 0.962 bits per heavy atom. The van der Waals surface area contributed by atoms with Gasteiger partial charge in [0.05, 0.1) is 39.0 Å². The Balaban J connectivity index is 1.45. The van der Waals surface area contributed by atoms with Gasteiger partial charge in [-0.15, -0.1) is 0 Å². The number of rotatable bonds is 16. The first-order valence-corrected chi connectivity index (χ1v) is 18.1. The summed E-state index contributed by atoms with van der Waals surface area (Å²) in [4.78, 5) is 93.4. The van der Waals surface area contributed by atoms with Crippen molar-refractivity contribution < 1.29 is 47.8 Å². The van der Waals surface area contributed by atoms with Gasteiger partial charge in [0, 0.05) is 6.42 Å². The lowest BCUT2D eigenvalue weighted by Gasteiger charge is -2.34. The van der Waals surface area contributed by atoms with Crippen molar-refractivity contribution in [3.8, 4) is 0 Å². The molecule has 6 amide bonds. The van der Waals surface area contributed by atoms with Crippen LogP contribution in [0.15, 0.2) is 30.3 Å². The molecule has 52 heavy (non-hydrogen) atoms. The molecule has 3 fully saturated rings. The van der Waals surface area contributed by atoms with Gasteiger partial charge in [-0.05, 0) is 36.7 Å². The van der Waals surface area contributed by atoms with Crippen molar-refractivity contribution in [3.05, 3.63) is 35.9 Å². The van der Waals surface area contributed by atoms with Crippen molar-refractivity contribution >= 4 is 41.4 Å². The molecular weight excluding hydrogens is 676 g/mol. The molecule has 1 aromatic rings. The van der Waals surface area contributed by atoms with Crippen LogP contribution in [0.1, 0.15) is 83.7 Å². The summed E-state index contributed by atoms with van der Waals surface area (Å²) >= 11 is 0. The molecule has 16 nitrogen and oxygen atoms in total. The molecule has 1 spiro atoms. The van der Waals surface area contributed by atoms with Crippen LogP contribution < -0.4 is 27.0 Å². The first-order valence-electron chi connectivity index (χ1n) is 18.1. The average Bonchev–Trinajstić information content (AvgIpc) is 3.77. The Kier molecular flexibility index (Phi) is 14.5. The van der Waals surface area contributed by atoms with E-state index in [0.29, 0.717) is 24.8 Å². The second-order valence-corrected chi connectivity index (χ2v) is 14.0. The zero-order valence-electron chi connectivity index (χ0n) is 30.2. The van der Waals surface area contributed by atoms with Crippen LogP contribution in [0.3, 0.4) is 0 Å². The van der Waals surface area contributed by atoms with Crippen LogP contribution in [-0.4, -0.2) is 103 Å². The maximum absolute atomic E-state index is 14.4. The standard InChI is InChI=1S/C36H52N6O10/c1-4-11-25(30(44)33(47)38-19-27(43)40-28(31(37)45)23-12-7-5-8-13-23)39-32(46)26-18-36(51-16-17-52-36)21-42(26)34(48)29(24-14-9-6-10-15-24)41-35(49)50-20-22(2)3/h5,7-8,12-13,22,24-26,28-29H,4,6,9-11,14-21H2,1-3H3,(H2,37,45)(H,38,47)(H,39,46)(H,40,43)(H,41,49)/t25?,26-,28-,29-/m0/s1. The molecule has 286 valence electrons. The Morgan fingerprint density at radius 2 is 1.63 bits per heavy atom. The van der Waals surface area contributed by atoms with Crippen LogP contribution in [-0.2, 0) is 43.0 Å². The Bertz CT molecular complexity index is 1440. The van der Waals surface area contributed by atoms with Crippen LogP contribution in [0.2, 0.25) is 0 Å². The third-order valence-corrected chi connectivity index (χ3v) is 9.47. The molecule has 4 rings (SSSR count). The third-order valence-electron chi connectivity index (χ3n) is 9.47. The molecule has 0 aromatic heterocycles. The van der Waals surface area contributed by atoms with E-state index in [1.165, 1.54) is 4.90 Å². The number of alkyl carbamates (subject to hydrolysis) is 1. The predicted molar refractivity (Wildman–Crippen MR) is 186 cm³/mol. The number of ether oxygens (including phenoxy) is 3. The van der Waals surface area contributed by atoms with Gasteiger partial charge in [0.1, 0.15) is 18.1 Å². The fourth-order valence-corrected chi connectivity index (χ4v) is 6.86. The van der Waals surface area contributed by atoms with Crippen molar-refractivity contribution in [1.82, 2.24) is 26.2 Å². The lowest BCUT2D eigenvalue weighted by Crippen LogP contribution is -2.58. The molecule has 2 heterocycles. The zero-order valence-corrected chi connectivity index (χ0v) is 30.2. The van der Waals surface area contributed by atoms with E-state index in [0.717, 1.165) is 19.3 Å². The van der Waals surface area contributed by atoms with Crippen molar-refractivity contribution in [2.45, 2.75) is 102 Å². The lowest BCUT2D eigenvalue weighted by atomic mass is 9.83. The minimum absolute atomic E-state index is 0.0262. The zero-order chi connectivity index (χ0) is 37.8. The van der Waals surface area contributed by atoms with Crippen molar-refractivity contribution in [2.24, 2.45) is 17.6 Å². The second-order valence-electron chi connectivity index (χ2n) is 14.0. The highest BCUT2D eigenvalue weighted by molar-refractivity contribution is 6.38. The van der Waals surface area contributed by atoms with Crippen molar-refractivity contribution in [3.63, 3.8) is 0 Å². The monoisotopic (exact) mass is 728 g/mol. The molecule has 1 unspecified atom stereocenters. The van der Waals surface area contributed by atoms with Gasteiger partial charge >= 0.3 is 6.09 Å². The first kappa shape index (κ1) is 40.2. The quantitative estimate of drug-likeness (QED) is 0.152. The van der Waals surface area contributed by atoms with E-state index in [9.17, 15) is 33.6 Å². The summed E-state index contributed by atoms with van der Waals surface area (Å²) in [6, 6.07) is 3.75. The number of nitrogens with two attached hydrogens (primary N) is 1. The summed E-state index contributed by atoms with van der Waals surface area (Å²) in [6.45, 7) is 5.55. The van der Waals surface area contributed by atoms with Crippen molar-refractivity contribution in [1.29, 1.82) is 0 Å². The Labute approximate surface area is 303 Å². The largest absolute Gasteiger partial charge is 0.449 e. The number of likely N-dealkylation sites (tertiary alicyclic amines) is 1. The smallest absolute Gasteiger partial charge is 0.407 e. The SMILES string of the molecule is CCCC(NC(=O)[C@@H]1CC2(CN1C(=O)[C@@H](NC(=O)OCC(C)C)C1CCCCC1)OCCO2)C(=O)C(=O)NCC(=O)N[C@H](C(N)=O)c1ccccc1. The molecule has 2 aliphatic heterocycles. The molecule has 0 radical (unpaired) electrons. The minimum atomic E-state index is -1.28. The molecule has 1 aliphatic carbocycles. The summed E-state index contributed by atoms with van der Waals surface area (Å²) in [5.74, 6) is -6.21. The molecule has 1 saturated carbocycles. The number of nitrogens with one attached hydrogen (secondary N) is 4. The van der Waals surface area contributed by atoms with E-state index >= 15 is 0 Å². The topological polar surface area (TPSA) is 225 Å². The van der Waals surface area contributed by atoms with E-state index in [-0.39, 0.29) is 51.0 Å². The van der Waals surface area contributed by atoms with Crippen LogP contribution in [0.25, 0.3) is 0 Å². The fraction of sp³-hybridized carbons (Fsp3) is 0.639. The van der Waals surface area contributed by atoms with Gasteiger partial charge in [-0.3, -0.25) is 28.8 Å². The number of hydrogen-bond acceptors (Lipinski definition) is 10. The predicted octanol–water partition coefficient (Wildman–Crippen LogP) is 0.975. The molecule has 0 bridgehead atoms. The number of nitrogens with zero attached hydrogens (tertiary/aromatic N) is 1. The summed E-state index contributed by atoms with van der Waals surface area (Å²) in [7, 11) is 0. The number of carbonyl (C=O) groups is 7. The van der Waals surface area contributed by atoms with Crippen LogP contribution in [0, 0.1) is 11.8 Å². The normalized spacial score (nSPS) is 20.1. The van der Waals surface area contributed by atoms with E-state index in [2.05, 4.69) is 21.3 Å². The molecular formula is C36H52N6O10. The highest BCUT2D eigenvalue weighted by atomic mass is 16.7. The number of primary amides is 1. The highest BCUT2D eigenvalue weighted by Gasteiger charge is 2.54. The second kappa shape index (κ2) is 18.8. The lowest BCUT2D eigenvalue weighted by molar-refractivity contribution is -0.154. The van der Waals surface area contributed by atoms with Gasteiger partial charge in [-0.25, -0.2) is 4.79 Å². The first-order chi connectivity index (χ1) is 24.8. The van der Waals surface area contributed by atoms with E-state index in [4.69, 9.17) is 19.9 Å². The molecule has 16 heteroatoms. The number of amides is 6. The maximum Gasteiger partial charge on any atom is 0.407 e. The van der Waals surface area contributed by atoms with Crippen LogP contribution in [0.5, 0.6) is 0 Å². The van der Waals surface area contributed by atoms with Crippen LogP contribution >= 0.6 is 0 Å². The summed E-state index contributed by atoms with van der Waals surface area (Å²) in [5.41, 5.74) is 5.90. The fourth-order valence-electron chi connectivity index (χ4n) is 6.86. The summed E-state index contributed by atoms with van der Waals surface area (Å²) in [5, 5.41) is 10.1. The van der Waals surface area contributed by atoms with Gasteiger partial charge in [0.2, 0.25) is 29.4 Å². The molecule has 3 aliphatic rings. The van der Waals surface area contributed by atoms with Gasteiger partial charge in [0.25, 0.3) is 5.91 Å². The van der Waals surface area contributed by atoms with Crippen molar-refractivity contribution in [2.75, 3.05) is 32.9 Å². The van der Waals surface area contributed by atoms with E-state index in [1.807, 2.05) is 13.8 Å². The van der Waals surface area contributed by atoms with Crippen LogP contribution in [0.4, 0.5) is 4.79 Å². The van der Waals surface area contributed by atoms with Gasteiger partial charge in [-0.2, -0.15) is 0 Å². The number of ketones is 1. The van der Waals surface area contributed by atoms with Gasteiger partial charge < -0.3 is 46.1 Å². The maximum atomic E-state index is 14.4. The third kappa shape index (κ3) is 10.7. The number of benzene rings is 1. The number of hydrogen-bond donors (Lipinski definition) is 5. The summed E-state index contributed by atoms with van der Waals surface area (Å²) in [6.07, 6.45) is 3.97. The Morgan fingerprint density at radius 3 is 2.25 bits per heavy atom. The molecule has 1 aromatic carbocycles.